The van der Waals surface area contributed by atoms with Crippen LogP contribution in [0.15, 0.2) is 48.7 Å². The maximum absolute atomic E-state index is 6.16. The average molecular weight is 385 g/mol. The fourth-order valence-electron chi connectivity index (χ4n) is 2.66. The van der Waals surface area contributed by atoms with Crippen LogP contribution in [0.1, 0.15) is 12.5 Å². The van der Waals surface area contributed by atoms with Crippen LogP contribution in [0.2, 0.25) is 5.02 Å². The monoisotopic (exact) mass is 384 g/mol. The van der Waals surface area contributed by atoms with Gasteiger partial charge in [-0.05, 0) is 24.1 Å². The highest BCUT2D eigenvalue weighted by Crippen LogP contribution is 2.37. The van der Waals surface area contributed by atoms with Crippen molar-refractivity contribution in [1.82, 2.24) is 9.97 Å². The van der Waals surface area contributed by atoms with Crippen molar-refractivity contribution in [3.05, 3.63) is 59.2 Å². The first kappa shape index (κ1) is 18.8. The second-order valence-corrected chi connectivity index (χ2v) is 6.12. The minimum absolute atomic E-state index is 0.473. The molecule has 0 radical (unpaired) electrons. The number of methoxy groups -OCH3 is 2. The Balaban J connectivity index is 1.86. The number of aryl methyl sites for hydroxylation is 1. The van der Waals surface area contributed by atoms with Crippen LogP contribution in [0.25, 0.3) is 0 Å². The van der Waals surface area contributed by atoms with E-state index in [-0.39, 0.29) is 0 Å². The second kappa shape index (κ2) is 8.60. The van der Waals surface area contributed by atoms with Crippen LogP contribution < -0.4 is 20.1 Å². The van der Waals surface area contributed by atoms with E-state index in [4.69, 9.17) is 21.1 Å². The molecule has 3 aromatic rings. The van der Waals surface area contributed by atoms with Crippen molar-refractivity contribution in [1.29, 1.82) is 0 Å². The van der Waals surface area contributed by atoms with E-state index < -0.39 is 0 Å². The number of para-hydroxylation sites is 1. The molecule has 0 bridgehead atoms. The topological polar surface area (TPSA) is 68.3 Å². The lowest BCUT2D eigenvalue weighted by atomic mass is 10.1. The summed E-state index contributed by atoms with van der Waals surface area (Å²) in [6.45, 7) is 2.11. The van der Waals surface area contributed by atoms with E-state index in [0.717, 1.165) is 12.1 Å². The van der Waals surface area contributed by atoms with Crippen LogP contribution in [0.5, 0.6) is 11.5 Å². The van der Waals surface area contributed by atoms with E-state index in [1.54, 1.807) is 38.6 Å². The van der Waals surface area contributed by atoms with Gasteiger partial charge in [0.05, 0.1) is 24.9 Å². The highest BCUT2D eigenvalue weighted by Gasteiger charge is 2.11. The Kier molecular flexibility index (Phi) is 5.98. The summed E-state index contributed by atoms with van der Waals surface area (Å²) in [5.41, 5.74) is 2.88. The molecule has 1 heterocycles. The largest absolute Gasteiger partial charge is 0.495 e. The first-order valence-corrected chi connectivity index (χ1v) is 8.89. The number of anilines is 4. The molecular formula is C20H21ClN4O2. The first-order valence-electron chi connectivity index (χ1n) is 8.51. The lowest BCUT2D eigenvalue weighted by Gasteiger charge is -2.14. The number of aromatic nitrogens is 2. The van der Waals surface area contributed by atoms with Gasteiger partial charge in [-0.3, -0.25) is 0 Å². The summed E-state index contributed by atoms with van der Waals surface area (Å²) in [5, 5.41) is 6.97. The Morgan fingerprint density at radius 3 is 2.48 bits per heavy atom. The molecule has 6 nitrogen and oxygen atoms in total. The van der Waals surface area contributed by atoms with Crippen LogP contribution >= 0.6 is 11.6 Å². The molecule has 0 spiro atoms. The normalized spacial score (nSPS) is 10.4. The van der Waals surface area contributed by atoms with Gasteiger partial charge in [0.25, 0.3) is 0 Å². The van der Waals surface area contributed by atoms with Crippen LogP contribution in [0, 0.1) is 0 Å². The third kappa shape index (κ3) is 4.41. The molecule has 0 amide bonds. The number of ether oxygens (including phenoxy) is 2. The molecule has 0 aliphatic carbocycles. The van der Waals surface area contributed by atoms with Gasteiger partial charge < -0.3 is 20.1 Å². The molecule has 2 N–H and O–H groups in total. The van der Waals surface area contributed by atoms with Gasteiger partial charge in [-0.1, -0.05) is 36.7 Å². The summed E-state index contributed by atoms with van der Waals surface area (Å²) >= 11 is 6.16. The van der Waals surface area contributed by atoms with Crippen molar-refractivity contribution in [2.24, 2.45) is 0 Å². The van der Waals surface area contributed by atoms with Crippen molar-refractivity contribution in [3.63, 3.8) is 0 Å². The van der Waals surface area contributed by atoms with Crippen molar-refractivity contribution in [2.45, 2.75) is 13.3 Å². The number of rotatable bonds is 7. The van der Waals surface area contributed by atoms with Gasteiger partial charge in [-0.25, -0.2) is 4.98 Å². The van der Waals surface area contributed by atoms with Gasteiger partial charge >= 0.3 is 0 Å². The molecular weight excluding hydrogens is 364 g/mol. The van der Waals surface area contributed by atoms with Crippen LogP contribution in [-0.4, -0.2) is 24.2 Å². The molecule has 0 unspecified atom stereocenters. The molecule has 0 fully saturated rings. The zero-order valence-electron chi connectivity index (χ0n) is 15.4. The number of halogens is 1. The van der Waals surface area contributed by atoms with E-state index in [1.165, 1.54) is 5.56 Å². The lowest BCUT2D eigenvalue weighted by Crippen LogP contribution is -2.03. The summed E-state index contributed by atoms with van der Waals surface area (Å²) in [6.07, 6.45) is 2.61. The Labute approximate surface area is 163 Å². The van der Waals surface area contributed by atoms with Crippen molar-refractivity contribution < 1.29 is 9.47 Å². The Bertz CT molecular complexity index is 934. The zero-order chi connectivity index (χ0) is 19.2. The van der Waals surface area contributed by atoms with E-state index in [2.05, 4.69) is 33.6 Å². The van der Waals surface area contributed by atoms with Crippen LogP contribution in [-0.2, 0) is 6.42 Å². The molecule has 2 aromatic carbocycles. The fourth-order valence-corrected chi connectivity index (χ4v) is 2.89. The Morgan fingerprint density at radius 2 is 1.74 bits per heavy atom. The Hall–Kier alpha value is -2.99. The first-order chi connectivity index (χ1) is 13.1. The number of hydrogen-bond acceptors (Lipinski definition) is 6. The van der Waals surface area contributed by atoms with Crippen molar-refractivity contribution >= 4 is 34.7 Å². The lowest BCUT2D eigenvalue weighted by molar-refractivity contribution is 0.405. The minimum atomic E-state index is 0.473. The van der Waals surface area contributed by atoms with Gasteiger partial charge in [-0.15, -0.1) is 0 Å². The summed E-state index contributed by atoms with van der Waals surface area (Å²) in [7, 11) is 3.15. The maximum atomic E-state index is 6.16. The molecule has 140 valence electrons. The fraction of sp³-hybridized carbons (Fsp3) is 0.200. The molecule has 1 aromatic heterocycles. The van der Waals surface area contributed by atoms with E-state index >= 15 is 0 Å². The number of hydrogen-bond donors (Lipinski definition) is 2. The third-order valence-corrected chi connectivity index (χ3v) is 4.33. The van der Waals surface area contributed by atoms with E-state index in [9.17, 15) is 0 Å². The minimum Gasteiger partial charge on any atom is -0.495 e. The number of nitrogens with one attached hydrogen (secondary N) is 2. The summed E-state index contributed by atoms with van der Waals surface area (Å²) in [4.78, 5) is 8.83. The van der Waals surface area contributed by atoms with E-state index in [0.29, 0.717) is 34.0 Å². The zero-order valence-corrected chi connectivity index (χ0v) is 16.2. The highest BCUT2D eigenvalue weighted by molar-refractivity contribution is 6.32. The van der Waals surface area contributed by atoms with Crippen molar-refractivity contribution in [2.75, 3.05) is 24.9 Å². The summed E-state index contributed by atoms with van der Waals surface area (Å²) in [6, 6.07) is 13.3. The van der Waals surface area contributed by atoms with Gasteiger partial charge in [-0.2, -0.15) is 4.98 Å². The van der Waals surface area contributed by atoms with Crippen molar-refractivity contribution in [3.8, 4) is 11.5 Å². The average Bonchev–Trinajstić information content (AvgIpc) is 2.69. The molecule has 0 aliphatic heterocycles. The Morgan fingerprint density at radius 1 is 0.963 bits per heavy atom. The van der Waals surface area contributed by atoms with Gasteiger partial charge in [0, 0.05) is 24.0 Å². The summed E-state index contributed by atoms with van der Waals surface area (Å²) in [5.74, 6) is 2.25. The summed E-state index contributed by atoms with van der Waals surface area (Å²) < 4.78 is 10.7. The molecule has 0 aliphatic rings. The standard InChI is InChI=1S/C20H21ClN4O2/c1-4-13-7-5-6-8-15(13)24-20-22-10-9-19(25-20)23-16-12-17(26-2)14(21)11-18(16)27-3/h5-12H,4H2,1-3H3,(H2,22,23,24,25). The number of benzene rings is 2. The van der Waals surface area contributed by atoms with Gasteiger partial charge in [0.1, 0.15) is 17.3 Å². The molecule has 0 saturated heterocycles. The van der Waals surface area contributed by atoms with E-state index in [1.807, 2.05) is 18.2 Å². The second-order valence-electron chi connectivity index (χ2n) is 5.71. The van der Waals surface area contributed by atoms with Crippen LogP contribution in [0.4, 0.5) is 23.1 Å². The quantitative estimate of drug-likeness (QED) is 0.583. The third-order valence-electron chi connectivity index (χ3n) is 4.04. The van der Waals surface area contributed by atoms with Gasteiger partial charge in [0.15, 0.2) is 0 Å². The molecule has 27 heavy (non-hydrogen) atoms. The smallest absolute Gasteiger partial charge is 0.229 e. The predicted octanol–water partition coefficient (Wildman–Crippen LogP) is 5.20. The SMILES string of the molecule is CCc1ccccc1Nc1nccc(Nc2cc(OC)c(Cl)cc2OC)n1. The van der Waals surface area contributed by atoms with Crippen LogP contribution in [0.3, 0.4) is 0 Å². The van der Waals surface area contributed by atoms with Gasteiger partial charge in [0.2, 0.25) is 5.95 Å². The molecule has 3 rings (SSSR count). The highest BCUT2D eigenvalue weighted by atomic mass is 35.5. The molecule has 7 heteroatoms. The predicted molar refractivity (Wildman–Crippen MR) is 109 cm³/mol. The maximum Gasteiger partial charge on any atom is 0.229 e. The molecule has 0 atom stereocenters. The number of nitrogens with zero attached hydrogens (tertiary/aromatic N) is 2. The molecule has 0 saturated carbocycles.